The van der Waals surface area contributed by atoms with Crippen LogP contribution in [0.2, 0.25) is 0 Å². The third kappa shape index (κ3) is 1.37. The number of hydrogen-bond acceptors (Lipinski definition) is 2. The second kappa shape index (κ2) is 3.18. The predicted molar refractivity (Wildman–Crippen MR) is 53.3 cm³/mol. The summed E-state index contributed by atoms with van der Waals surface area (Å²) in [5.41, 5.74) is 0. The van der Waals surface area contributed by atoms with E-state index >= 15 is 0 Å². The van der Waals surface area contributed by atoms with Crippen molar-refractivity contribution in [3.63, 3.8) is 0 Å². The van der Waals surface area contributed by atoms with E-state index in [9.17, 15) is 5.11 Å². The van der Waals surface area contributed by atoms with Gasteiger partial charge in [-0.2, -0.15) is 0 Å². The Hall–Kier alpha value is -1.77. The highest BCUT2D eigenvalue weighted by Gasteiger charge is 2.05. The van der Waals surface area contributed by atoms with Crippen molar-refractivity contribution in [3.05, 3.63) is 30.6 Å². The van der Waals surface area contributed by atoms with Crippen LogP contribution >= 0.6 is 0 Å². The number of aromatic nitrogens is 1. The maximum absolute atomic E-state index is 9.57. The van der Waals surface area contributed by atoms with Crippen molar-refractivity contribution in [2.24, 2.45) is 7.05 Å². The molecule has 0 aliphatic carbocycles. The Morgan fingerprint density at radius 1 is 1.29 bits per heavy atom. The molecule has 3 heteroatoms. The molecule has 2 aromatic rings. The number of methoxy groups -OCH3 is 1. The van der Waals surface area contributed by atoms with Gasteiger partial charge >= 0.3 is 0 Å². The standard InChI is InChI=1S/C11H11NO2/c1-12-4-3-8-6-11(14-2)10(13)5-9(8)7-12/h3-7H,1-2H3/p+1. The van der Waals surface area contributed by atoms with Crippen LogP contribution in [-0.4, -0.2) is 12.2 Å². The Balaban J connectivity index is 2.73. The second-order valence-corrected chi connectivity index (χ2v) is 3.26. The Bertz CT molecular complexity index is 480. The first-order chi connectivity index (χ1) is 6.70. The number of benzene rings is 1. The van der Waals surface area contributed by atoms with Crippen molar-refractivity contribution in [1.29, 1.82) is 0 Å². The van der Waals surface area contributed by atoms with E-state index in [1.807, 2.05) is 36.1 Å². The lowest BCUT2D eigenvalue weighted by atomic mass is 10.1. The number of hydrogen-bond donors (Lipinski definition) is 1. The minimum absolute atomic E-state index is 0.172. The maximum Gasteiger partial charge on any atom is 0.176 e. The number of aromatic hydroxyl groups is 1. The summed E-state index contributed by atoms with van der Waals surface area (Å²) in [7, 11) is 3.49. The Labute approximate surface area is 82.2 Å². The average molecular weight is 190 g/mol. The van der Waals surface area contributed by atoms with Crippen LogP contribution in [0, 0.1) is 0 Å². The number of phenolic OH excluding ortho intramolecular Hbond substituents is 1. The number of nitrogens with zero attached hydrogens (tertiary/aromatic N) is 1. The van der Waals surface area contributed by atoms with Crippen molar-refractivity contribution in [2.75, 3.05) is 7.11 Å². The molecule has 1 heterocycles. The highest BCUT2D eigenvalue weighted by Crippen LogP contribution is 2.30. The smallest absolute Gasteiger partial charge is 0.176 e. The van der Waals surface area contributed by atoms with Crippen LogP contribution in [0.4, 0.5) is 0 Å². The molecule has 1 aromatic heterocycles. The van der Waals surface area contributed by atoms with Crippen molar-refractivity contribution >= 4 is 10.8 Å². The van der Waals surface area contributed by atoms with Gasteiger partial charge in [-0.3, -0.25) is 0 Å². The fourth-order valence-electron chi connectivity index (χ4n) is 1.48. The molecule has 0 saturated carbocycles. The molecule has 72 valence electrons. The van der Waals surface area contributed by atoms with Crippen LogP contribution in [-0.2, 0) is 7.05 Å². The molecular weight excluding hydrogens is 178 g/mol. The zero-order chi connectivity index (χ0) is 10.1. The maximum atomic E-state index is 9.57. The normalized spacial score (nSPS) is 10.4. The fourth-order valence-corrected chi connectivity index (χ4v) is 1.48. The number of ether oxygens (including phenoxy) is 1. The first kappa shape index (κ1) is 8.81. The summed E-state index contributed by atoms with van der Waals surface area (Å²) in [6.07, 6.45) is 3.91. The van der Waals surface area contributed by atoms with Gasteiger partial charge in [-0.1, -0.05) is 0 Å². The van der Waals surface area contributed by atoms with Gasteiger partial charge in [0.15, 0.2) is 23.9 Å². The van der Waals surface area contributed by atoms with E-state index < -0.39 is 0 Å². The monoisotopic (exact) mass is 190 g/mol. The molecule has 0 fully saturated rings. The van der Waals surface area contributed by atoms with Gasteiger partial charge in [-0.25, -0.2) is 4.57 Å². The first-order valence-corrected chi connectivity index (χ1v) is 4.36. The SMILES string of the molecule is COc1cc2cc[n+](C)cc2cc1O. The molecule has 0 atom stereocenters. The lowest BCUT2D eigenvalue weighted by Gasteiger charge is -2.04. The number of fused-ring (bicyclic) bond motifs is 1. The molecule has 0 radical (unpaired) electrons. The minimum Gasteiger partial charge on any atom is -0.504 e. The lowest BCUT2D eigenvalue weighted by molar-refractivity contribution is -0.670. The largest absolute Gasteiger partial charge is 0.504 e. The summed E-state index contributed by atoms with van der Waals surface area (Å²) >= 11 is 0. The molecule has 0 unspecified atom stereocenters. The molecule has 0 aliphatic rings. The average Bonchev–Trinajstić information content (AvgIpc) is 2.16. The first-order valence-electron chi connectivity index (χ1n) is 4.36. The third-order valence-electron chi connectivity index (χ3n) is 2.22. The summed E-state index contributed by atoms with van der Waals surface area (Å²) in [4.78, 5) is 0. The number of pyridine rings is 1. The van der Waals surface area contributed by atoms with Gasteiger partial charge in [0, 0.05) is 11.5 Å². The predicted octanol–water partition coefficient (Wildman–Crippen LogP) is 1.38. The van der Waals surface area contributed by atoms with E-state index in [0.717, 1.165) is 10.8 Å². The van der Waals surface area contributed by atoms with Gasteiger partial charge in [0.05, 0.1) is 7.11 Å². The summed E-state index contributed by atoms with van der Waals surface area (Å²) in [5, 5.41) is 11.6. The van der Waals surface area contributed by atoms with E-state index in [2.05, 4.69) is 0 Å². The quantitative estimate of drug-likeness (QED) is 0.689. The molecule has 1 N–H and O–H groups in total. The van der Waals surface area contributed by atoms with E-state index in [1.54, 1.807) is 13.2 Å². The molecule has 2 rings (SSSR count). The Kier molecular flexibility index (Phi) is 2.00. The molecular formula is C11H12NO2+. The molecule has 1 aromatic carbocycles. The molecule has 0 spiro atoms. The summed E-state index contributed by atoms with van der Waals surface area (Å²) in [6, 6.07) is 5.51. The molecule has 3 nitrogen and oxygen atoms in total. The molecule has 0 amide bonds. The highest BCUT2D eigenvalue weighted by molar-refractivity contribution is 5.84. The van der Waals surface area contributed by atoms with Crippen LogP contribution in [0.1, 0.15) is 0 Å². The third-order valence-corrected chi connectivity index (χ3v) is 2.22. The van der Waals surface area contributed by atoms with Gasteiger partial charge in [0.1, 0.15) is 7.05 Å². The number of aryl methyl sites for hydroxylation is 1. The number of phenols is 1. The molecule has 0 aliphatic heterocycles. The zero-order valence-electron chi connectivity index (χ0n) is 8.19. The van der Waals surface area contributed by atoms with Gasteiger partial charge in [0.25, 0.3) is 0 Å². The van der Waals surface area contributed by atoms with Crippen LogP contribution in [0.3, 0.4) is 0 Å². The van der Waals surface area contributed by atoms with Gasteiger partial charge in [0.2, 0.25) is 0 Å². The number of rotatable bonds is 1. The Morgan fingerprint density at radius 2 is 2.07 bits per heavy atom. The summed E-state index contributed by atoms with van der Waals surface area (Å²) in [5.74, 6) is 0.678. The highest BCUT2D eigenvalue weighted by atomic mass is 16.5. The van der Waals surface area contributed by atoms with Gasteiger partial charge in [-0.05, 0) is 17.5 Å². The Morgan fingerprint density at radius 3 is 2.79 bits per heavy atom. The summed E-state index contributed by atoms with van der Waals surface area (Å²) in [6.45, 7) is 0. The van der Waals surface area contributed by atoms with Crippen LogP contribution in [0.15, 0.2) is 30.6 Å². The molecule has 0 saturated heterocycles. The molecule has 0 bridgehead atoms. The van der Waals surface area contributed by atoms with Crippen molar-refractivity contribution in [1.82, 2.24) is 0 Å². The summed E-state index contributed by atoms with van der Waals surface area (Å²) < 4.78 is 6.97. The van der Waals surface area contributed by atoms with Crippen LogP contribution < -0.4 is 9.30 Å². The van der Waals surface area contributed by atoms with Crippen LogP contribution in [0.5, 0.6) is 11.5 Å². The van der Waals surface area contributed by atoms with Gasteiger partial charge in [-0.15, -0.1) is 0 Å². The van der Waals surface area contributed by atoms with Gasteiger partial charge < -0.3 is 9.84 Å². The lowest BCUT2D eigenvalue weighted by Crippen LogP contribution is -2.25. The van der Waals surface area contributed by atoms with Crippen molar-refractivity contribution in [3.8, 4) is 11.5 Å². The van der Waals surface area contributed by atoms with E-state index in [-0.39, 0.29) is 5.75 Å². The second-order valence-electron chi connectivity index (χ2n) is 3.26. The minimum atomic E-state index is 0.172. The van der Waals surface area contributed by atoms with Crippen LogP contribution in [0.25, 0.3) is 10.8 Å². The molecule has 14 heavy (non-hydrogen) atoms. The topological polar surface area (TPSA) is 33.3 Å². The zero-order valence-corrected chi connectivity index (χ0v) is 8.19. The van der Waals surface area contributed by atoms with Crippen molar-refractivity contribution in [2.45, 2.75) is 0 Å². The van der Waals surface area contributed by atoms with E-state index in [1.165, 1.54) is 0 Å². The fraction of sp³-hybridized carbons (Fsp3) is 0.182. The van der Waals surface area contributed by atoms with E-state index in [4.69, 9.17) is 4.74 Å². The van der Waals surface area contributed by atoms with Crippen molar-refractivity contribution < 1.29 is 14.4 Å². The van der Waals surface area contributed by atoms with E-state index in [0.29, 0.717) is 5.75 Å².